The van der Waals surface area contributed by atoms with Gasteiger partial charge in [-0.2, -0.15) is 13.2 Å². The first kappa shape index (κ1) is 19.6. The van der Waals surface area contributed by atoms with E-state index >= 15 is 0 Å². The maximum Gasteiger partial charge on any atom is 0.419 e. The van der Waals surface area contributed by atoms with Gasteiger partial charge in [-0.15, -0.1) is 0 Å². The first-order chi connectivity index (χ1) is 13.7. The van der Waals surface area contributed by atoms with E-state index in [1.54, 1.807) is 0 Å². The van der Waals surface area contributed by atoms with Crippen molar-refractivity contribution in [3.05, 3.63) is 41.7 Å². The van der Waals surface area contributed by atoms with Crippen LogP contribution in [0.15, 0.2) is 24.5 Å². The largest absolute Gasteiger partial charge is 0.419 e. The normalized spacial score (nSPS) is 20.2. The SMILES string of the molecule is C[C@H]1CNC[C@@H](Nc2ncc(C(F)(F)F)c(-c3c[nH]c4c(F)c(F)ccc34)n2)C1. The lowest BCUT2D eigenvalue weighted by Crippen LogP contribution is -2.42. The fraction of sp³-hybridized carbons (Fsp3) is 0.368. The minimum Gasteiger partial charge on any atom is -0.358 e. The van der Waals surface area contributed by atoms with E-state index in [9.17, 15) is 22.0 Å². The maximum absolute atomic E-state index is 14.0. The molecule has 154 valence electrons. The predicted molar refractivity (Wildman–Crippen MR) is 98.3 cm³/mol. The van der Waals surface area contributed by atoms with Gasteiger partial charge in [0.05, 0.1) is 11.2 Å². The number of aromatic nitrogens is 3. The Morgan fingerprint density at radius 1 is 1.17 bits per heavy atom. The van der Waals surface area contributed by atoms with Crippen molar-refractivity contribution in [3.8, 4) is 11.3 Å². The van der Waals surface area contributed by atoms with E-state index in [4.69, 9.17) is 0 Å². The quantitative estimate of drug-likeness (QED) is 0.562. The second-order valence-corrected chi connectivity index (χ2v) is 7.28. The molecule has 0 amide bonds. The summed E-state index contributed by atoms with van der Waals surface area (Å²) in [6.45, 7) is 3.58. The molecule has 3 N–H and O–H groups in total. The predicted octanol–water partition coefficient (Wildman–Crippen LogP) is 4.33. The molecule has 1 aromatic carbocycles. The number of hydrogen-bond acceptors (Lipinski definition) is 4. The first-order valence-electron chi connectivity index (χ1n) is 9.11. The fourth-order valence-corrected chi connectivity index (χ4v) is 3.65. The Labute approximate surface area is 162 Å². The molecule has 4 rings (SSSR count). The van der Waals surface area contributed by atoms with Crippen LogP contribution in [0.5, 0.6) is 0 Å². The Morgan fingerprint density at radius 3 is 2.69 bits per heavy atom. The lowest BCUT2D eigenvalue weighted by molar-refractivity contribution is -0.137. The highest BCUT2D eigenvalue weighted by atomic mass is 19.4. The molecule has 1 aliphatic rings. The molecule has 1 saturated heterocycles. The van der Waals surface area contributed by atoms with E-state index in [1.807, 2.05) is 0 Å². The molecule has 0 aliphatic carbocycles. The van der Waals surface area contributed by atoms with Crippen LogP contribution >= 0.6 is 0 Å². The van der Waals surface area contributed by atoms with Crippen LogP contribution in [0, 0.1) is 17.6 Å². The summed E-state index contributed by atoms with van der Waals surface area (Å²) in [5.41, 5.74) is -1.65. The first-order valence-corrected chi connectivity index (χ1v) is 9.11. The lowest BCUT2D eigenvalue weighted by Gasteiger charge is -2.28. The number of fused-ring (bicyclic) bond motifs is 1. The van der Waals surface area contributed by atoms with E-state index in [2.05, 4.69) is 32.5 Å². The van der Waals surface area contributed by atoms with Gasteiger partial charge in [0.2, 0.25) is 5.95 Å². The van der Waals surface area contributed by atoms with Crippen LogP contribution in [0.2, 0.25) is 0 Å². The summed E-state index contributed by atoms with van der Waals surface area (Å²) in [5, 5.41) is 6.41. The zero-order chi connectivity index (χ0) is 20.8. The van der Waals surface area contributed by atoms with E-state index in [1.165, 1.54) is 12.3 Å². The maximum atomic E-state index is 14.0. The smallest absolute Gasteiger partial charge is 0.358 e. The molecule has 3 heterocycles. The zero-order valence-corrected chi connectivity index (χ0v) is 15.4. The average molecular weight is 411 g/mol. The number of anilines is 1. The average Bonchev–Trinajstić information content (AvgIpc) is 3.08. The highest BCUT2D eigenvalue weighted by molar-refractivity contribution is 5.95. The fourth-order valence-electron chi connectivity index (χ4n) is 3.65. The summed E-state index contributed by atoms with van der Waals surface area (Å²) in [6, 6.07) is 2.07. The van der Waals surface area contributed by atoms with Crippen LogP contribution in [0.25, 0.3) is 22.2 Å². The molecule has 1 fully saturated rings. The Balaban J connectivity index is 1.79. The van der Waals surface area contributed by atoms with Gasteiger partial charge in [-0.25, -0.2) is 18.7 Å². The minimum absolute atomic E-state index is 0.0202. The van der Waals surface area contributed by atoms with Crippen molar-refractivity contribution in [2.24, 2.45) is 5.92 Å². The van der Waals surface area contributed by atoms with Gasteiger partial charge >= 0.3 is 6.18 Å². The van der Waals surface area contributed by atoms with Crippen LogP contribution < -0.4 is 10.6 Å². The number of piperidine rings is 1. The number of nitrogens with zero attached hydrogens (tertiary/aromatic N) is 2. The molecule has 0 radical (unpaired) electrons. The van der Waals surface area contributed by atoms with Crippen LogP contribution in [-0.2, 0) is 6.18 Å². The number of hydrogen-bond donors (Lipinski definition) is 3. The molecule has 1 aliphatic heterocycles. The van der Waals surface area contributed by atoms with E-state index in [-0.39, 0.29) is 28.5 Å². The zero-order valence-electron chi connectivity index (χ0n) is 15.4. The number of rotatable bonds is 3. The third-order valence-electron chi connectivity index (χ3n) is 5.00. The molecule has 29 heavy (non-hydrogen) atoms. The van der Waals surface area contributed by atoms with Gasteiger partial charge in [0.25, 0.3) is 0 Å². The Bertz CT molecular complexity index is 1050. The standard InChI is InChI=1S/C19H18F5N5/c1-9-4-10(6-25-5-9)28-18-27-8-13(19(22,23)24)16(29-18)12-7-26-17-11(12)2-3-14(20)15(17)21/h2-3,7-10,25-26H,4-6H2,1H3,(H,27,28,29)/t9-,10+/m1/s1. The molecule has 2 aromatic heterocycles. The second-order valence-electron chi connectivity index (χ2n) is 7.28. The molecule has 3 aromatic rings. The third-order valence-corrected chi connectivity index (χ3v) is 5.00. The monoisotopic (exact) mass is 411 g/mol. The molecule has 0 saturated carbocycles. The highest BCUT2D eigenvalue weighted by Gasteiger charge is 2.36. The Hall–Kier alpha value is -2.75. The molecular weight excluding hydrogens is 393 g/mol. The molecular formula is C19H18F5N5. The van der Waals surface area contributed by atoms with Crippen molar-refractivity contribution in [2.45, 2.75) is 25.6 Å². The molecule has 0 unspecified atom stereocenters. The van der Waals surface area contributed by atoms with Gasteiger partial charge in [0.1, 0.15) is 5.56 Å². The van der Waals surface area contributed by atoms with Crippen molar-refractivity contribution in [1.82, 2.24) is 20.3 Å². The third kappa shape index (κ3) is 3.76. The number of aromatic amines is 1. The van der Waals surface area contributed by atoms with Gasteiger partial charge < -0.3 is 15.6 Å². The Morgan fingerprint density at radius 2 is 1.97 bits per heavy atom. The second kappa shape index (κ2) is 7.25. The van der Waals surface area contributed by atoms with Crippen molar-refractivity contribution < 1.29 is 22.0 Å². The van der Waals surface area contributed by atoms with Gasteiger partial charge in [0, 0.05) is 35.9 Å². The van der Waals surface area contributed by atoms with Crippen LogP contribution in [0.3, 0.4) is 0 Å². The number of halogens is 5. The minimum atomic E-state index is -4.71. The summed E-state index contributed by atoms with van der Waals surface area (Å²) < 4.78 is 68.2. The van der Waals surface area contributed by atoms with E-state index in [0.29, 0.717) is 18.7 Å². The van der Waals surface area contributed by atoms with Crippen molar-refractivity contribution in [3.63, 3.8) is 0 Å². The number of alkyl halides is 3. The van der Waals surface area contributed by atoms with Crippen molar-refractivity contribution in [1.29, 1.82) is 0 Å². The van der Waals surface area contributed by atoms with Crippen LogP contribution in [0.4, 0.5) is 27.9 Å². The number of benzene rings is 1. The lowest BCUT2D eigenvalue weighted by atomic mass is 9.98. The number of H-pyrrole nitrogens is 1. The van der Waals surface area contributed by atoms with Crippen LogP contribution in [-0.4, -0.2) is 34.1 Å². The van der Waals surface area contributed by atoms with Crippen molar-refractivity contribution in [2.75, 3.05) is 18.4 Å². The molecule has 0 bridgehead atoms. The highest BCUT2D eigenvalue weighted by Crippen LogP contribution is 2.39. The van der Waals surface area contributed by atoms with Gasteiger partial charge in [0.15, 0.2) is 11.6 Å². The van der Waals surface area contributed by atoms with Crippen LogP contribution in [0.1, 0.15) is 18.9 Å². The van der Waals surface area contributed by atoms with Crippen molar-refractivity contribution >= 4 is 16.9 Å². The van der Waals surface area contributed by atoms with Gasteiger partial charge in [-0.3, -0.25) is 0 Å². The molecule has 2 atom stereocenters. The summed E-state index contributed by atoms with van der Waals surface area (Å²) in [4.78, 5) is 10.4. The number of nitrogens with one attached hydrogen (secondary N) is 3. The van der Waals surface area contributed by atoms with Gasteiger partial charge in [-0.05, 0) is 31.0 Å². The van der Waals surface area contributed by atoms with Gasteiger partial charge in [-0.1, -0.05) is 6.92 Å². The van der Waals surface area contributed by atoms with E-state index in [0.717, 1.165) is 19.0 Å². The molecule has 0 spiro atoms. The molecule has 5 nitrogen and oxygen atoms in total. The van der Waals surface area contributed by atoms with E-state index < -0.39 is 29.1 Å². The molecule has 10 heteroatoms. The summed E-state index contributed by atoms with van der Waals surface area (Å²) in [6.07, 6.45) is -1.98. The topological polar surface area (TPSA) is 65.6 Å². The summed E-state index contributed by atoms with van der Waals surface area (Å²) in [5.74, 6) is -1.80. The Kier molecular flexibility index (Phi) is 4.89. The summed E-state index contributed by atoms with van der Waals surface area (Å²) in [7, 11) is 0. The summed E-state index contributed by atoms with van der Waals surface area (Å²) >= 11 is 0.